The summed E-state index contributed by atoms with van der Waals surface area (Å²) in [6.45, 7) is -0.155. The Balaban J connectivity index is 2.79. The number of nitrogen functional groups attached to an aromatic ring is 1. The smallest absolute Gasteiger partial charge is 0.340 e. The fourth-order valence-corrected chi connectivity index (χ4v) is 1.50. The maximum Gasteiger partial charge on any atom is 0.340 e. The normalized spacial score (nSPS) is 12.5. The lowest BCUT2D eigenvalue weighted by molar-refractivity contribution is 0.0648. The highest BCUT2D eigenvalue weighted by Crippen LogP contribution is 2.40. The lowest BCUT2D eigenvalue weighted by Gasteiger charge is -2.08. The van der Waals surface area contributed by atoms with Crippen LogP contribution in [0.3, 0.4) is 0 Å². The van der Waals surface area contributed by atoms with Crippen LogP contribution in [0.2, 0.25) is 0 Å². The number of rotatable bonds is 2. The summed E-state index contributed by atoms with van der Waals surface area (Å²) in [6, 6.07) is 1.23. The van der Waals surface area contributed by atoms with Gasteiger partial charge in [-0.2, -0.15) is 0 Å². The quantitative estimate of drug-likeness (QED) is 0.623. The first-order valence-electron chi connectivity index (χ1n) is 4.21. The molecule has 16 heavy (non-hydrogen) atoms. The topological polar surface area (TPSA) is 119 Å². The Labute approximate surface area is 89.0 Å². The Bertz CT molecular complexity index is 495. The Morgan fingerprint density at radius 1 is 1.19 bits per heavy atom. The number of fused-ring (bicyclic) bond motifs is 1. The lowest BCUT2D eigenvalue weighted by atomic mass is 10.0. The van der Waals surface area contributed by atoms with Crippen LogP contribution >= 0.6 is 0 Å². The zero-order valence-electron chi connectivity index (χ0n) is 7.89. The molecule has 2 rings (SSSR count). The van der Waals surface area contributed by atoms with Crippen LogP contribution in [-0.4, -0.2) is 28.9 Å². The summed E-state index contributed by atoms with van der Waals surface area (Å²) in [5, 5.41) is 17.8. The van der Waals surface area contributed by atoms with E-state index < -0.39 is 23.1 Å². The molecule has 84 valence electrons. The summed E-state index contributed by atoms with van der Waals surface area (Å²) >= 11 is 0. The van der Waals surface area contributed by atoms with E-state index in [9.17, 15) is 9.59 Å². The maximum atomic E-state index is 11.0. The van der Waals surface area contributed by atoms with Crippen molar-refractivity contribution >= 4 is 17.6 Å². The molecule has 1 aromatic rings. The monoisotopic (exact) mass is 225 g/mol. The summed E-state index contributed by atoms with van der Waals surface area (Å²) in [7, 11) is 0. The highest BCUT2D eigenvalue weighted by molar-refractivity contribution is 6.08. The third-order valence-corrected chi connectivity index (χ3v) is 2.12. The number of carboxylic acid groups (broad SMARTS) is 2. The molecule has 0 bridgehead atoms. The van der Waals surface area contributed by atoms with Crippen molar-refractivity contribution in [1.82, 2.24) is 0 Å². The highest BCUT2D eigenvalue weighted by atomic mass is 16.7. The van der Waals surface area contributed by atoms with E-state index in [-0.39, 0.29) is 24.0 Å². The van der Waals surface area contributed by atoms with Crippen LogP contribution in [0.5, 0.6) is 11.5 Å². The van der Waals surface area contributed by atoms with Crippen LogP contribution in [0.4, 0.5) is 5.69 Å². The van der Waals surface area contributed by atoms with Crippen LogP contribution in [0.25, 0.3) is 0 Å². The Kier molecular flexibility index (Phi) is 2.08. The predicted molar refractivity (Wildman–Crippen MR) is 50.9 cm³/mol. The van der Waals surface area contributed by atoms with Crippen molar-refractivity contribution in [2.24, 2.45) is 0 Å². The molecule has 7 heteroatoms. The van der Waals surface area contributed by atoms with Gasteiger partial charge in [-0.1, -0.05) is 0 Å². The zero-order chi connectivity index (χ0) is 11.9. The van der Waals surface area contributed by atoms with E-state index in [0.717, 1.165) is 0 Å². The van der Waals surface area contributed by atoms with Gasteiger partial charge in [-0.05, 0) is 0 Å². The molecule has 0 spiro atoms. The van der Waals surface area contributed by atoms with Gasteiger partial charge in [-0.3, -0.25) is 0 Å². The van der Waals surface area contributed by atoms with Crippen molar-refractivity contribution in [1.29, 1.82) is 0 Å². The molecule has 7 nitrogen and oxygen atoms in total. The van der Waals surface area contributed by atoms with Gasteiger partial charge >= 0.3 is 11.9 Å². The molecule has 0 atom stereocenters. The van der Waals surface area contributed by atoms with E-state index >= 15 is 0 Å². The zero-order valence-corrected chi connectivity index (χ0v) is 7.89. The fourth-order valence-electron chi connectivity index (χ4n) is 1.50. The van der Waals surface area contributed by atoms with Gasteiger partial charge in [0.1, 0.15) is 11.1 Å². The van der Waals surface area contributed by atoms with Crippen molar-refractivity contribution in [3.05, 3.63) is 17.2 Å². The van der Waals surface area contributed by atoms with E-state index in [1.165, 1.54) is 6.07 Å². The minimum absolute atomic E-state index is 0.0981. The molecule has 1 aliphatic rings. The summed E-state index contributed by atoms with van der Waals surface area (Å²) in [6.07, 6.45) is 0. The number of hydrogen-bond donors (Lipinski definition) is 3. The molecule has 0 saturated heterocycles. The van der Waals surface area contributed by atoms with Gasteiger partial charge in [-0.15, -0.1) is 0 Å². The molecule has 0 saturated carbocycles. The minimum atomic E-state index is -1.42. The SMILES string of the molecule is Nc1cc2c(c(C(=O)O)c1C(=O)O)OCO2. The highest BCUT2D eigenvalue weighted by Gasteiger charge is 2.30. The maximum absolute atomic E-state index is 11.0. The number of carbonyl (C=O) groups is 2. The number of carboxylic acids is 2. The van der Waals surface area contributed by atoms with Crippen molar-refractivity contribution in [2.75, 3.05) is 12.5 Å². The Hall–Kier alpha value is -2.44. The van der Waals surface area contributed by atoms with Crippen LogP contribution in [0.1, 0.15) is 20.7 Å². The van der Waals surface area contributed by atoms with Gasteiger partial charge < -0.3 is 25.4 Å². The molecule has 0 fully saturated rings. The molecule has 1 heterocycles. The second-order valence-corrected chi connectivity index (χ2v) is 3.06. The standard InChI is InChI=1S/C9H7NO6/c10-3-1-4-7(16-2-15-4)6(9(13)14)5(3)8(11)12/h1H,2,10H2,(H,11,12)(H,13,14). The fraction of sp³-hybridized carbons (Fsp3) is 0.111. The number of anilines is 1. The molecule has 0 unspecified atom stereocenters. The first-order chi connectivity index (χ1) is 7.52. The summed E-state index contributed by atoms with van der Waals surface area (Å²) in [4.78, 5) is 21.9. The van der Waals surface area contributed by atoms with Gasteiger partial charge in [0.2, 0.25) is 6.79 Å². The van der Waals surface area contributed by atoms with Crippen LogP contribution in [-0.2, 0) is 0 Å². The average molecular weight is 225 g/mol. The molecule has 0 aromatic heterocycles. The number of nitrogens with two attached hydrogens (primary N) is 1. The van der Waals surface area contributed by atoms with Gasteiger partial charge in [-0.25, -0.2) is 9.59 Å². The molecule has 4 N–H and O–H groups in total. The van der Waals surface area contributed by atoms with Crippen molar-refractivity contribution in [3.8, 4) is 11.5 Å². The molecule has 1 aromatic carbocycles. The Morgan fingerprint density at radius 3 is 2.38 bits per heavy atom. The van der Waals surface area contributed by atoms with E-state index in [2.05, 4.69) is 0 Å². The van der Waals surface area contributed by atoms with Gasteiger partial charge in [0.05, 0.1) is 5.69 Å². The molecule has 0 radical (unpaired) electrons. The number of aromatic carboxylic acids is 2. The second-order valence-electron chi connectivity index (χ2n) is 3.06. The number of hydrogen-bond acceptors (Lipinski definition) is 5. The average Bonchev–Trinajstić information content (AvgIpc) is 2.61. The summed E-state index contributed by atoms with van der Waals surface area (Å²) in [5.41, 5.74) is 4.31. The van der Waals surface area contributed by atoms with E-state index in [1.807, 2.05) is 0 Å². The predicted octanol–water partition coefficient (Wildman–Crippen LogP) is 0.394. The summed E-state index contributed by atoms with van der Waals surface area (Å²) in [5.74, 6) is -2.81. The van der Waals surface area contributed by atoms with Gasteiger partial charge in [0.15, 0.2) is 11.5 Å². The summed E-state index contributed by atoms with van der Waals surface area (Å²) < 4.78 is 9.86. The van der Waals surface area contributed by atoms with E-state index in [4.69, 9.17) is 25.4 Å². The van der Waals surface area contributed by atoms with E-state index in [0.29, 0.717) is 0 Å². The third-order valence-electron chi connectivity index (χ3n) is 2.12. The largest absolute Gasteiger partial charge is 0.478 e. The van der Waals surface area contributed by atoms with Crippen LogP contribution in [0, 0.1) is 0 Å². The number of benzene rings is 1. The van der Waals surface area contributed by atoms with Crippen LogP contribution in [0.15, 0.2) is 6.07 Å². The number of ether oxygens (including phenoxy) is 2. The van der Waals surface area contributed by atoms with E-state index in [1.54, 1.807) is 0 Å². The minimum Gasteiger partial charge on any atom is -0.478 e. The Morgan fingerprint density at radius 2 is 1.81 bits per heavy atom. The second kappa shape index (κ2) is 3.30. The first kappa shape index (κ1) is 10.1. The molecular formula is C9H7NO6. The molecular weight excluding hydrogens is 218 g/mol. The van der Waals surface area contributed by atoms with Crippen molar-refractivity contribution in [3.63, 3.8) is 0 Å². The van der Waals surface area contributed by atoms with Gasteiger partial charge in [0.25, 0.3) is 0 Å². The molecule has 1 aliphatic heterocycles. The van der Waals surface area contributed by atoms with Crippen LogP contribution < -0.4 is 15.2 Å². The van der Waals surface area contributed by atoms with Gasteiger partial charge in [0, 0.05) is 6.07 Å². The lowest BCUT2D eigenvalue weighted by Crippen LogP contribution is -2.12. The molecule has 0 aliphatic carbocycles. The third kappa shape index (κ3) is 1.29. The van der Waals surface area contributed by atoms with Crippen molar-refractivity contribution in [2.45, 2.75) is 0 Å². The molecule has 0 amide bonds. The first-order valence-corrected chi connectivity index (χ1v) is 4.21. The van der Waals surface area contributed by atoms with Crippen molar-refractivity contribution < 1.29 is 29.3 Å².